The molecule has 2 unspecified atom stereocenters. The van der Waals surface area contributed by atoms with Gasteiger partial charge in [-0.3, -0.25) is 0 Å². The highest BCUT2D eigenvalue weighted by Gasteiger charge is 2.31. The van der Waals surface area contributed by atoms with Crippen molar-refractivity contribution in [3.8, 4) is 0 Å². The predicted octanol–water partition coefficient (Wildman–Crippen LogP) is 3.95. The van der Waals surface area contributed by atoms with Crippen molar-refractivity contribution in [1.29, 1.82) is 5.41 Å². The molecule has 88 valence electrons. The van der Waals surface area contributed by atoms with E-state index < -0.39 is 0 Å². The van der Waals surface area contributed by atoms with E-state index in [0.29, 0.717) is 0 Å². The number of rotatable bonds is 7. The lowest BCUT2D eigenvalue weighted by atomic mass is 9.69. The SMILES string of the molecule is CCC(C)(C=N)CC(C)(CC)CC=NC. The highest BCUT2D eigenvalue weighted by Crippen LogP contribution is 2.39. The zero-order valence-electron chi connectivity index (χ0n) is 10.9. The highest BCUT2D eigenvalue weighted by molar-refractivity contribution is 5.62. The van der Waals surface area contributed by atoms with Gasteiger partial charge in [0.05, 0.1) is 0 Å². The van der Waals surface area contributed by atoms with Gasteiger partial charge < -0.3 is 10.4 Å². The molecule has 0 aliphatic rings. The molecule has 0 heterocycles. The van der Waals surface area contributed by atoms with E-state index in [9.17, 15) is 0 Å². The Balaban J connectivity index is 4.60. The van der Waals surface area contributed by atoms with Gasteiger partial charge in [0, 0.05) is 18.7 Å². The first-order valence-corrected chi connectivity index (χ1v) is 5.87. The van der Waals surface area contributed by atoms with Gasteiger partial charge >= 0.3 is 0 Å². The second kappa shape index (κ2) is 6.04. The molecular weight excluding hydrogens is 184 g/mol. The second-order valence-electron chi connectivity index (χ2n) is 5.14. The van der Waals surface area contributed by atoms with Crippen LogP contribution in [0.3, 0.4) is 0 Å². The van der Waals surface area contributed by atoms with Crippen molar-refractivity contribution in [3.05, 3.63) is 0 Å². The van der Waals surface area contributed by atoms with E-state index in [1.54, 1.807) is 6.21 Å². The minimum absolute atomic E-state index is 0.0480. The van der Waals surface area contributed by atoms with Crippen molar-refractivity contribution >= 4 is 12.4 Å². The fraction of sp³-hybridized carbons (Fsp3) is 0.846. The smallest absolute Gasteiger partial charge is 0.0273 e. The third-order valence-corrected chi connectivity index (χ3v) is 3.61. The van der Waals surface area contributed by atoms with Gasteiger partial charge in [-0.2, -0.15) is 0 Å². The number of aliphatic imine (C=N–C) groups is 1. The van der Waals surface area contributed by atoms with Crippen LogP contribution >= 0.6 is 0 Å². The maximum Gasteiger partial charge on any atom is 0.0273 e. The van der Waals surface area contributed by atoms with E-state index in [1.807, 2.05) is 13.3 Å². The van der Waals surface area contributed by atoms with Crippen LogP contribution in [-0.4, -0.2) is 19.5 Å². The molecule has 0 spiro atoms. The molecule has 2 heteroatoms. The van der Waals surface area contributed by atoms with Gasteiger partial charge in [-0.1, -0.05) is 34.1 Å². The summed E-state index contributed by atoms with van der Waals surface area (Å²) in [4.78, 5) is 4.07. The third-order valence-electron chi connectivity index (χ3n) is 3.61. The van der Waals surface area contributed by atoms with Crippen molar-refractivity contribution < 1.29 is 0 Å². The maximum absolute atomic E-state index is 7.53. The standard InChI is InChI=1S/C13H26N2/c1-6-12(3,8-9-15-5)10-13(4,7-2)11-14/h9,11,14H,6-8,10H2,1-5H3. The van der Waals surface area contributed by atoms with Crippen LogP contribution in [0, 0.1) is 16.2 Å². The Morgan fingerprint density at radius 3 is 2.13 bits per heavy atom. The average Bonchev–Trinajstić information content (AvgIpc) is 2.26. The number of nitrogens with zero attached hydrogens (tertiary/aromatic N) is 1. The van der Waals surface area contributed by atoms with E-state index in [-0.39, 0.29) is 10.8 Å². The highest BCUT2D eigenvalue weighted by atomic mass is 14.6. The minimum atomic E-state index is 0.0480. The van der Waals surface area contributed by atoms with Gasteiger partial charge in [0.15, 0.2) is 0 Å². The Bertz CT molecular complexity index is 223. The summed E-state index contributed by atoms with van der Waals surface area (Å²) in [6, 6.07) is 0. The summed E-state index contributed by atoms with van der Waals surface area (Å²) >= 11 is 0. The summed E-state index contributed by atoms with van der Waals surface area (Å²) in [7, 11) is 1.83. The molecule has 0 aliphatic heterocycles. The quantitative estimate of drug-likeness (QED) is 0.618. The van der Waals surface area contributed by atoms with E-state index in [1.165, 1.54) is 0 Å². The van der Waals surface area contributed by atoms with Gasteiger partial charge in [0.2, 0.25) is 0 Å². The molecule has 0 fully saturated rings. The lowest BCUT2D eigenvalue weighted by Crippen LogP contribution is -2.28. The first kappa shape index (κ1) is 14.3. The molecule has 0 aromatic heterocycles. The fourth-order valence-corrected chi connectivity index (χ4v) is 1.91. The third kappa shape index (κ3) is 4.59. The summed E-state index contributed by atoms with van der Waals surface area (Å²) in [6.07, 6.45) is 7.89. The first-order chi connectivity index (χ1) is 6.95. The monoisotopic (exact) mass is 210 g/mol. The fourth-order valence-electron chi connectivity index (χ4n) is 1.91. The van der Waals surface area contributed by atoms with Crippen molar-refractivity contribution in [3.63, 3.8) is 0 Å². The van der Waals surface area contributed by atoms with Crippen LogP contribution in [0.15, 0.2) is 4.99 Å². The zero-order chi connectivity index (χ0) is 11.9. The Labute approximate surface area is 94.7 Å². The molecule has 1 N–H and O–H groups in total. The molecule has 0 bridgehead atoms. The molecule has 0 saturated heterocycles. The van der Waals surface area contributed by atoms with Crippen LogP contribution in [0.5, 0.6) is 0 Å². The molecule has 0 saturated carbocycles. The topological polar surface area (TPSA) is 36.2 Å². The Kier molecular flexibility index (Phi) is 5.77. The molecule has 0 aliphatic carbocycles. The van der Waals surface area contributed by atoms with Gasteiger partial charge in [-0.25, -0.2) is 0 Å². The molecule has 2 nitrogen and oxygen atoms in total. The summed E-state index contributed by atoms with van der Waals surface area (Å²) in [5.41, 5.74) is 0.328. The summed E-state index contributed by atoms with van der Waals surface area (Å²) in [5.74, 6) is 0. The zero-order valence-corrected chi connectivity index (χ0v) is 10.9. The lowest BCUT2D eigenvalue weighted by Gasteiger charge is -2.35. The van der Waals surface area contributed by atoms with Gasteiger partial charge in [0.25, 0.3) is 0 Å². The molecule has 0 radical (unpaired) electrons. The summed E-state index contributed by atoms with van der Waals surface area (Å²) in [5, 5.41) is 7.53. The van der Waals surface area contributed by atoms with Crippen LogP contribution in [0.25, 0.3) is 0 Å². The molecule has 0 aromatic rings. The van der Waals surface area contributed by atoms with Crippen LogP contribution in [-0.2, 0) is 0 Å². The Morgan fingerprint density at radius 2 is 1.80 bits per heavy atom. The molecular formula is C13H26N2. The van der Waals surface area contributed by atoms with Gasteiger partial charge in [0.1, 0.15) is 0 Å². The van der Waals surface area contributed by atoms with Crippen molar-refractivity contribution in [2.75, 3.05) is 7.05 Å². The van der Waals surface area contributed by atoms with Gasteiger partial charge in [-0.15, -0.1) is 0 Å². The molecule has 0 amide bonds. The summed E-state index contributed by atoms with van der Waals surface area (Å²) in [6.45, 7) is 8.86. The number of nitrogens with one attached hydrogen (secondary N) is 1. The van der Waals surface area contributed by atoms with Crippen molar-refractivity contribution in [1.82, 2.24) is 0 Å². The minimum Gasteiger partial charge on any atom is -0.313 e. The van der Waals surface area contributed by atoms with Crippen LogP contribution in [0.2, 0.25) is 0 Å². The lowest BCUT2D eigenvalue weighted by molar-refractivity contribution is 0.214. The van der Waals surface area contributed by atoms with Crippen LogP contribution in [0.1, 0.15) is 53.4 Å². The van der Waals surface area contributed by atoms with E-state index >= 15 is 0 Å². The van der Waals surface area contributed by atoms with Crippen molar-refractivity contribution in [2.24, 2.45) is 15.8 Å². The Morgan fingerprint density at radius 1 is 1.20 bits per heavy atom. The predicted molar refractivity (Wildman–Crippen MR) is 69.2 cm³/mol. The molecule has 15 heavy (non-hydrogen) atoms. The Hall–Kier alpha value is -0.660. The largest absolute Gasteiger partial charge is 0.313 e. The van der Waals surface area contributed by atoms with Crippen molar-refractivity contribution in [2.45, 2.75) is 53.4 Å². The van der Waals surface area contributed by atoms with Gasteiger partial charge in [-0.05, 0) is 30.9 Å². The normalized spacial score (nSPS) is 19.8. The van der Waals surface area contributed by atoms with Crippen LogP contribution < -0.4 is 0 Å². The molecule has 0 rings (SSSR count). The second-order valence-corrected chi connectivity index (χ2v) is 5.14. The number of hydrogen-bond acceptors (Lipinski definition) is 2. The summed E-state index contributed by atoms with van der Waals surface area (Å²) < 4.78 is 0. The van der Waals surface area contributed by atoms with E-state index in [2.05, 4.69) is 32.7 Å². The maximum atomic E-state index is 7.53. The molecule has 2 atom stereocenters. The van der Waals surface area contributed by atoms with Crippen LogP contribution in [0.4, 0.5) is 0 Å². The number of hydrogen-bond donors (Lipinski definition) is 1. The van der Waals surface area contributed by atoms with E-state index in [4.69, 9.17) is 5.41 Å². The first-order valence-electron chi connectivity index (χ1n) is 5.87. The van der Waals surface area contributed by atoms with E-state index in [0.717, 1.165) is 25.7 Å². The molecule has 0 aromatic carbocycles. The average molecular weight is 210 g/mol.